The third kappa shape index (κ3) is 2.97. The van der Waals surface area contributed by atoms with E-state index in [4.69, 9.17) is 26.8 Å². The zero-order chi connectivity index (χ0) is 14.8. The molecule has 4 N–H and O–H groups in total. The van der Waals surface area contributed by atoms with E-state index in [0.717, 1.165) is 24.8 Å². The van der Waals surface area contributed by atoms with E-state index in [2.05, 4.69) is 5.32 Å². The van der Waals surface area contributed by atoms with Crippen LogP contribution in [0, 0.1) is 5.92 Å². The number of ether oxygens (including phenoxy) is 2. The van der Waals surface area contributed by atoms with Gasteiger partial charge in [-0.15, -0.1) is 0 Å². The van der Waals surface area contributed by atoms with Gasteiger partial charge in [-0.1, -0.05) is 18.0 Å². The van der Waals surface area contributed by atoms with E-state index in [0.29, 0.717) is 35.0 Å². The molecular weight excluding hydrogens is 292 g/mol. The number of benzene rings is 1. The van der Waals surface area contributed by atoms with Gasteiger partial charge in [-0.2, -0.15) is 0 Å². The topological polar surface area (TPSA) is 76.7 Å². The van der Waals surface area contributed by atoms with Crippen molar-refractivity contribution in [2.24, 2.45) is 11.7 Å². The summed E-state index contributed by atoms with van der Waals surface area (Å²) in [7, 11) is 0. The van der Waals surface area contributed by atoms with Gasteiger partial charge in [0.25, 0.3) is 0 Å². The van der Waals surface area contributed by atoms with Crippen molar-refractivity contribution in [2.45, 2.75) is 31.3 Å². The second kappa shape index (κ2) is 6.40. The molecule has 0 radical (unpaired) electrons. The summed E-state index contributed by atoms with van der Waals surface area (Å²) in [6, 6.07) is 4.10. The zero-order valence-electron chi connectivity index (χ0n) is 11.8. The number of hydrogen-bond donors (Lipinski definition) is 3. The maximum atomic E-state index is 9.43. The van der Waals surface area contributed by atoms with Crippen molar-refractivity contribution in [1.82, 2.24) is 5.32 Å². The Balaban J connectivity index is 1.78. The molecule has 6 heteroatoms. The van der Waals surface area contributed by atoms with Crippen molar-refractivity contribution in [3.8, 4) is 11.5 Å². The van der Waals surface area contributed by atoms with Crippen molar-refractivity contribution in [3.05, 3.63) is 22.7 Å². The normalized spacial score (nSPS) is 25.3. The molecule has 1 fully saturated rings. The maximum Gasteiger partial charge on any atom is 0.231 e. The van der Waals surface area contributed by atoms with Crippen molar-refractivity contribution in [3.63, 3.8) is 0 Å². The number of aliphatic hydroxyl groups is 1. The van der Waals surface area contributed by atoms with Crippen LogP contribution in [0.2, 0.25) is 5.02 Å². The van der Waals surface area contributed by atoms with Crippen LogP contribution in [0.5, 0.6) is 11.5 Å². The number of aliphatic hydroxyl groups excluding tert-OH is 1. The van der Waals surface area contributed by atoms with Gasteiger partial charge in [-0.3, -0.25) is 0 Å². The van der Waals surface area contributed by atoms with Crippen molar-refractivity contribution >= 4 is 11.6 Å². The fourth-order valence-corrected chi connectivity index (χ4v) is 3.50. The summed E-state index contributed by atoms with van der Waals surface area (Å²) in [5.41, 5.74) is 6.92. The van der Waals surface area contributed by atoms with Gasteiger partial charge in [0.15, 0.2) is 11.5 Å². The van der Waals surface area contributed by atoms with E-state index in [1.54, 1.807) is 0 Å². The lowest BCUT2D eigenvalue weighted by Gasteiger charge is -2.26. The van der Waals surface area contributed by atoms with Gasteiger partial charge >= 0.3 is 0 Å². The van der Waals surface area contributed by atoms with E-state index >= 15 is 0 Å². The smallest absolute Gasteiger partial charge is 0.231 e. The average molecular weight is 313 g/mol. The van der Waals surface area contributed by atoms with Crippen LogP contribution in [-0.2, 0) is 0 Å². The van der Waals surface area contributed by atoms with Gasteiger partial charge in [0.05, 0.1) is 5.02 Å². The summed E-state index contributed by atoms with van der Waals surface area (Å²) >= 11 is 6.23. The average Bonchev–Trinajstić information content (AvgIpc) is 3.13. The molecule has 21 heavy (non-hydrogen) atoms. The highest BCUT2D eigenvalue weighted by Gasteiger charge is 2.29. The first-order valence-electron chi connectivity index (χ1n) is 7.39. The van der Waals surface area contributed by atoms with Crippen LogP contribution in [0.1, 0.15) is 30.9 Å². The second-order valence-electron chi connectivity index (χ2n) is 5.67. The van der Waals surface area contributed by atoms with Crippen molar-refractivity contribution in [2.75, 3.05) is 19.9 Å². The van der Waals surface area contributed by atoms with Crippen LogP contribution in [-0.4, -0.2) is 31.1 Å². The molecule has 2 aliphatic rings. The Kier molecular flexibility index (Phi) is 4.54. The van der Waals surface area contributed by atoms with Crippen molar-refractivity contribution < 1.29 is 14.6 Å². The molecule has 116 valence electrons. The molecule has 1 saturated carbocycles. The van der Waals surface area contributed by atoms with E-state index < -0.39 is 0 Å². The fourth-order valence-electron chi connectivity index (χ4n) is 3.22. The summed E-state index contributed by atoms with van der Waals surface area (Å²) < 4.78 is 10.7. The first-order valence-corrected chi connectivity index (χ1v) is 7.76. The van der Waals surface area contributed by atoms with Gasteiger partial charge in [-0.05, 0) is 36.5 Å². The Bertz CT molecular complexity index is 512. The Labute approximate surface area is 129 Å². The molecule has 1 aliphatic carbocycles. The van der Waals surface area contributed by atoms with Crippen LogP contribution < -0.4 is 20.5 Å². The third-order valence-corrected chi connectivity index (χ3v) is 4.68. The summed E-state index contributed by atoms with van der Waals surface area (Å²) in [6.07, 6.45) is 3.27. The predicted octanol–water partition coefficient (Wildman–Crippen LogP) is 1.82. The van der Waals surface area contributed by atoms with Crippen LogP contribution in [0.3, 0.4) is 0 Å². The molecule has 5 nitrogen and oxygen atoms in total. The quantitative estimate of drug-likeness (QED) is 0.773. The van der Waals surface area contributed by atoms with Crippen molar-refractivity contribution in [1.29, 1.82) is 0 Å². The second-order valence-corrected chi connectivity index (χ2v) is 6.08. The number of rotatable bonds is 5. The molecule has 3 unspecified atom stereocenters. The predicted molar refractivity (Wildman–Crippen MR) is 80.7 cm³/mol. The standard InChI is InChI=1S/C15H21ClN2O3/c16-11-4-10(5-14-15(11)21-8-20-14)13(6-17)18-12-3-1-2-9(12)7-19/h4-5,9,12-13,18-19H,1-3,6-8,17H2. The minimum atomic E-state index is -0.00542. The number of nitrogens with two attached hydrogens (primary N) is 1. The van der Waals surface area contributed by atoms with E-state index in [1.165, 1.54) is 0 Å². The van der Waals surface area contributed by atoms with E-state index in [9.17, 15) is 5.11 Å². The molecule has 3 atom stereocenters. The van der Waals surface area contributed by atoms with Crippen LogP contribution in [0.4, 0.5) is 0 Å². The summed E-state index contributed by atoms with van der Waals surface area (Å²) in [4.78, 5) is 0. The van der Waals surface area contributed by atoms with Gasteiger partial charge < -0.3 is 25.6 Å². The lowest BCUT2D eigenvalue weighted by Crippen LogP contribution is -2.39. The zero-order valence-corrected chi connectivity index (χ0v) is 12.6. The molecule has 1 aliphatic heterocycles. The molecule has 0 spiro atoms. The number of halogens is 1. The maximum absolute atomic E-state index is 9.43. The Morgan fingerprint density at radius 1 is 1.38 bits per heavy atom. The number of hydrogen-bond acceptors (Lipinski definition) is 5. The minimum Gasteiger partial charge on any atom is -0.454 e. The van der Waals surface area contributed by atoms with E-state index in [-0.39, 0.29) is 19.4 Å². The molecule has 1 aromatic carbocycles. The summed E-state index contributed by atoms with van der Waals surface area (Å²) in [5.74, 6) is 1.58. The monoisotopic (exact) mass is 312 g/mol. The Morgan fingerprint density at radius 3 is 3.00 bits per heavy atom. The molecule has 0 bridgehead atoms. The summed E-state index contributed by atoms with van der Waals surface area (Å²) in [5, 5.41) is 13.5. The molecule has 1 aromatic rings. The largest absolute Gasteiger partial charge is 0.454 e. The molecule has 0 amide bonds. The first kappa shape index (κ1) is 14.9. The highest BCUT2D eigenvalue weighted by atomic mass is 35.5. The SMILES string of the molecule is NCC(NC1CCCC1CO)c1cc(Cl)c2c(c1)OCO2. The van der Waals surface area contributed by atoms with Gasteiger partial charge in [-0.25, -0.2) is 0 Å². The fraction of sp³-hybridized carbons (Fsp3) is 0.600. The van der Waals surface area contributed by atoms with Gasteiger partial charge in [0, 0.05) is 25.2 Å². The number of fused-ring (bicyclic) bond motifs is 1. The molecule has 1 heterocycles. The molecular formula is C15H21ClN2O3. The third-order valence-electron chi connectivity index (χ3n) is 4.40. The molecule has 3 rings (SSSR count). The highest BCUT2D eigenvalue weighted by molar-refractivity contribution is 6.32. The molecule has 0 saturated heterocycles. The first-order chi connectivity index (χ1) is 10.2. The molecule has 0 aromatic heterocycles. The van der Waals surface area contributed by atoms with Crippen LogP contribution >= 0.6 is 11.6 Å². The minimum absolute atomic E-state index is 0.00542. The Hall–Kier alpha value is -1.01. The van der Waals surface area contributed by atoms with Crippen LogP contribution in [0.15, 0.2) is 12.1 Å². The lowest BCUT2D eigenvalue weighted by atomic mass is 10.0. The van der Waals surface area contributed by atoms with Gasteiger partial charge in [0.1, 0.15) is 0 Å². The highest BCUT2D eigenvalue weighted by Crippen LogP contribution is 2.41. The lowest BCUT2D eigenvalue weighted by molar-refractivity contribution is 0.174. The van der Waals surface area contributed by atoms with Gasteiger partial charge in [0.2, 0.25) is 6.79 Å². The number of nitrogens with one attached hydrogen (secondary N) is 1. The summed E-state index contributed by atoms with van der Waals surface area (Å²) in [6.45, 7) is 0.885. The van der Waals surface area contributed by atoms with Crippen LogP contribution in [0.25, 0.3) is 0 Å². The Morgan fingerprint density at radius 2 is 2.24 bits per heavy atom. The van der Waals surface area contributed by atoms with E-state index in [1.807, 2.05) is 12.1 Å².